The summed E-state index contributed by atoms with van der Waals surface area (Å²) in [6.07, 6.45) is 0. The number of likely N-dealkylation sites (N-methyl/N-ethyl adjacent to an activating group) is 1. The van der Waals surface area contributed by atoms with Crippen LogP contribution in [0.4, 0.5) is 0 Å². The second-order valence-corrected chi connectivity index (χ2v) is 5.06. The Morgan fingerprint density at radius 3 is 2.39 bits per heavy atom. The van der Waals surface area contributed by atoms with E-state index in [1.807, 2.05) is 0 Å². The maximum atomic E-state index is 5.88. The number of benzene rings is 1. The lowest BCUT2D eigenvalue weighted by molar-refractivity contribution is 0.304. The minimum absolute atomic E-state index is 0.721. The van der Waals surface area contributed by atoms with Crippen molar-refractivity contribution >= 4 is 0 Å². The van der Waals surface area contributed by atoms with Crippen molar-refractivity contribution in [2.24, 2.45) is 0 Å². The Labute approximate surface area is 111 Å². The number of nitrogens with zero attached hydrogens (tertiary/aromatic N) is 1. The molecule has 1 aromatic carbocycles. The number of nitrogens with one attached hydrogen (secondary N) is 1. The molecule has 0 unspecified atom stereocenters. The van der Waals surface area contributed by atoms with E-state index in [4.69, 9.17) is 4.74 Å². The van der Waals surface area contributed by atoms with Crippen LogP contribution in [0.1, 0.15) is 16.7 Å². The quantitative estimate of drug-likeness (QED) is 0.750. The van der Waals surface area contributed by atoms with Gasteiger partial charge in [0, 0.05) is 19.6 Å². The fraction of sp³-hybridized carbons (Fsp3) is 0.600. The normalized spacial score (nSPS) is 11.0. The first-order valence-corrected chi connectivity index (χ1v) is 6.57. The molecule has 0 radical (unpaired) electrons. The maximum Gasteiger partial charge on any atom is 0.125 e. The van der Waals surface area contributed by atoms with E-state index in [9.17, 15) is 0 Å². The lowest BCUT2D eigenvalue weighted by Gasteiger charge is -2.15. The molecule has 1 rings (SSSR count). The Kier molecular flexibility index (Phi) is 6.16. The van der Waals surface area contributed by atoms with E-state index in [0.717, 1.165) is 32.0 Å². The van der Waals surface area contributed by atoms with Crippen LogP contribution in [0.2, 0.25) is 0 Å². The second kappa shape index (κ2) is 7.39. The van der Waals surface area contributed by atoms with Gasteiger partial charge < -0.3 is 15.0 Å². The first-order valence-electron chi connectivity index (χ1n) is 6.57. The molecule has 0 amide bonds. The van der Waals surface area contributed by atoms with Gasteiger partial charge in [-0.25, -0.2) is 0 Å². The molecule has 102 valence electrons. The Balaban J connectivity index is 2.33. The van der Waals surface area contributed by atoms with E-state index in [1.54, 1.807) is 0 Å². The zero-order valence-corrected chi connectivity index (χ0v) is 12.3. The van der Waals surface area contributed by atoms with Gasteiger partial charge in [0.25, 0.3) is 0 Å². The van der Waals surface area contributed by atoms with Gasteiger partial charge in [-0.3, -0.25) is 0 Å². The fourth-order valence-electron chi connectivity index (χ4n) is 1.80. The van der Waals surface area contributed by atoms with Crippen LogP contribution in [-0.4, -0.2) is 45.2 Å². The molecule has 3 heteroatoms. The molecule has 0 bridgehead atoms. The van der Waals surface area contributed by atoms with Crippen molar-refractivity contribution in [2.45, 2.75) is 20.8 Å². The van der Waals surface area contributed by atoms with Gasteiger partial charge in [-0.2, -0.15) is 0 Å². The predicted octanol–water partition coefficient (Wildman–Crippen LogP) is 2.14. The molecule has 0 spiro atoms. The van der Waals surface area contributed by atoms with Crippen molar-refractivity contribution in [3.8, 4) is 5.75 Å². The van der Waals surface area contributed by atoms with Gasteiger partial charge >= 0.3 is 0 Å². The molecular weight excluding hydrogens is 224 g/mol. The molecule has 3 nitrogen and oxygen atoms in total. The van der Waals surface area contributed by atoms with Crippen LogP contribution in [0.15, 0.2) is 12.1 Å². The third kappa shape index (κ3) is 4.67. The van der Waals surface area contributed by atoms with E-state index in [0.29, 0.717) is 0 Å². The summed E-state index contributed by atoms with van der Waals surface area (Å²) in [7, 11) is 4.16. The number of ether oxygens (including phenoxy) is 1. The molecule has 0 aliphatic heterocycles. The number of rotatable bonds is 7. The highest BCUT2D eigenvalue weighted by atomic mass is 16.5. The van der Waals surface area contributed by atoms with Crippen molar-refractivity contribution in [1.82, 2.24) is 10.2 Å². The van der Waals surface area contributed by atoms with Crippen LogP contribution in [0.25, 0.3) is 0 Å². The average Bonchev–Trinajstić information content (AvgIpc) is 2.32. The van der Waals surface area contributed by atoms with Gasteiger partial charge in [0.1, 0.15) is 12.4 Å². The fourth-order valence-corrected chi connectivity index (χ4v) is 1.80. The highest BCUT2D eigenvalue weighted by Crippen LogP contribution is 2.25. The molecule has 18 heavy (non-hydrogen) atoms. The van der Waals surface area contributed by atoms with Crippen LogP contribution in [0.3, 0.4) is 0 Å². The van der Waals surface area contributed by atoms with Gasteiger partial charge in [-0.05, 0) is 51.6 Å². The second-order valence-electron chi connectivity index (χ2n) is 5.06. The van der Waals surface area contributed by atoms with Crippen LogP contribution in [-0.2, 0) is 0 Å². The Hall–Kier alpha value is -1.06. The number of hydrogen-bond acceptors (Lipinski definition) is 3. The monoisotopic (exact) mass is 250 g/mol. The van der Waals surface area contributed by atoms with E-state index >= 15 is 0 Å². The SMILES string of the molecule is Cc1ccc(C)c(OCCNCCN(C)C)c1C. The minimum Gasteiger partial charge on any atom is -0.492 e. The van der Waals surface area contributed by atoms with E-state index in [1.165, 1.54) is 16.7 Å². The van der Waals surface area contributed by atoms with E-state index in [-0.39, 0.29) is 0 Å². The van der Waals surface area contributed by atoms with Crippen LogP contribution in [0, 0.1) is 20.8 Å². The van der Waals surface area contributed by atoms with Gasteiger partial charge in [0.2, 0.25) is 0 Å². The summed E-state index contributed by atoms with van der Waals surface area (Å²) in [6, 6.07) is 4.27. The zero-order valence-electron chi connectivity index (χ0n) is 12.3. The number of hydrogen-bond donors (Lipinski definition) is 1. The van der Waals surface area contributed by atoms with Gasteiger partial charge in [0.05, 0.1) is 0 Å². The Morgan fingerprint density at radius 1 is 1.06 bits per heavy atom. The van der Waals surface area contributed by atoms with E-state index in [2.05, 4.69) is 57.2 Å². The lowest BCUT2D eigenvalue weighted by Crippen LogP contribution is -2.29. The highest BCUT2D eigenvalue weighted by molar-refractivity contribution is 5.44. The highest BCUT2D eigenvalue weighted by Gasteiger charge is 2.05. The van der Waals surface area contributed by atoms with Gasteiger partial charge in [0.15, 0.2) is 0 Å². The lowest BCUT2D eigenvalue weighted by atomic mass is 10.1. The Bertz CT molecular complexity index is 375. The molecule has 0 aliphatic rings. The zero-order chi connectivity index (χ0) is 13.5. The smallest absolute Gasteiger partial charge is 0.125 e. The summed E-state index contributed by atoms with van der Waals surface area (Å²) in [6.45, 7) is 10.0. The molecule has 0 aliphatic carbocycles. The molecule has 0 heterocycles. The topological polar surface area (TPSA) is 24.5 Å². The van der Waals surface area contributed by atoms with Crippen LogP contribution in [0.5, 0.6) is 5.75 Å². The van der Waals surface area contributed by atoms with Crippen molar-refractivity contribution in [2.75, 3.05) is 40.3 Å². The van der Waals surface area contributed by atoms with Crippen molar-refractivity contribution in [3.63, 3.8) is 0 Å². The third-order valence-electron chi connectivity index (χ3n) is 3.13. The summed E-state index contributed by atoms with van der Waals surface area (Å²) in [4.78, 5) is 2.17. The standard InChI is InChI=1S/C15H26N2O/c1-12-6-7-13(2)15(14(12)3)18-11-9-16-8-10-17(4)5/h6-7,16H,8-11H2,1-5H3. The van der Waals surface area contributed by atoms with Crippen molar-refractivity contribution < 1.29 is 4.74 Å². The molecule has 0 fully saturated rings. The predicted molar refractivity (Wildman–Crippen MR) is 77.6 cm³/mol. The van der Waals surface area contributed by atoms with Crippen molar-refractivity contribution in [1.29, 1.82) is 0 Å². The molecule has 0 saturated carbocycles. The summed E-state index contributed by atoms with van der Waals surface area (Å²) in [5.74, 6) is 1.05. The van der Waals surface area contributed by atoms with Crippen molar-refractivity contribution in [3.05, 3.63) is 28.8 Å². The molecule has 0 saturated heterocycles. The first kappa shape index (κ1) is 15.0. The van der Waals surface area contributed by atoms with Crippen LogP contribution < -0.4 is 10.1 Å². The largest absolute Gasteiger partial charge is 0.492 e. The molecule has 1 aromatic rings. The average molecular weight is 250 g/mol. The molecule has 0 aromatic heterocycles. The number of aryl methyl sites for hydroxylation is 2. The van der Waals surface area contributed by atoms with Crippen LogP contribution >= 0.6 is 0 Å². The molecular formula is C15H26N2O. The maximum absolute atomic E-state index is 5.88. The summed E-state index contributed by atoms with van der Waals surface area (Å²) >= 11 is 0. The van der Waals surface area contributed by atoms with Gasteiger partial charge in [-0.15, -0.1) is 0 Å². The summed E-state index contributed by atoms with van der Waals surface area (Å²) < 4.78 is 5.88. The van der Waals surface area contributed by atoms with E-state index < -0.39 is 0 Å². The first-order chi connectivity index (χ1) is 8.52. The molecule has 1 N–H and O–H groups in total. The summed E-state index contributed by atoms with van der Waals surface area (Å²) in [5.41, 5.74) is 3.76. The third-order valence-corrected chi connectivity index (χ3v) is 3.13. The molecule has 0 atom stereocenters. The Morgan fingerprint density at radius 2 is 1.72 bits per heavy atom. The van der Waals surface area contributed by atoms with Gasteiger partial charge in [-0.1, -0.05) is 12.1 Å². The summed E-state index contributed by atoms with van der Waals surface area (Å²) in [5, 5.41) is 3.37. The minimum atomic E-state index is 0.721.